The highest BCUT2D eigenvalue weighted by molar-refractivity contribution is 5.96. The molecule has 2 aromatic rings. The fourth-order valence-corrected chi connectivity index (χ4v) is 1.38. The molecule has 0 aliphatic carbocycles. The molecule has 1 heterocycles. The highest BCUT2D eigenvalue weighted by atomic mass is 19.4. The van der Waals surface area contributed by atoms with E-state index in [1.165, 1.54) is 46.9 Å². The molecule has 0 aliphatic rings. The van der Waals surface area contributed by atoms with Gasteiger partial charge in [0.15, 0.2) is 0 Å². The molecule has 1 aromatic heterocycles. The molecule has 1 N–H and O–H groups in total. The van der Waals surface area contributed by atoms with Crippen molar-refractivity contribution in [3.05, 3.63) is 36.9 Å². The van der Waals surface area contributed by atoms with E-state index in [0.717, 1.165) is 0 Å². The molecule has 0 aliphatic heterocycles. The summed E-state index contributed by atoms with van der Waals surface area (Å²) in [5.74, 6) is -7.90. The Bertz CT molecular complexity index is 621. The topological polar surface area (TPSA) is 59.8 Å². The number of anilines is 1. The molecule has 10 heteroatoms. The van der Waals surface area contributed by atoms with Crippen molar-refractivity contribution in [2.24, 2.45) is 0 Å². The summed E-state index contributed by atoms with van der Waals surface area (Å²) in [5, 5.41) is 5.31. The Morgan fingerprint density at radius 1 is 1.10 bits per heavy atom. The lowest BCUT2D eigenvalue weighted by atomic mass is 10.2. The second-order valence-corrected chi connectivity index (χ2v) is 3.91. The fourth-order valence-electron chi connectivity index (χ4n) is 1.38. The van der Waals surface area contributed by atoms with Crippen LogP contribution < -0.4 is 5.32 Å². The SMILES string of the molecule is O=C(Nc1ccc(-n2cncn2)cc1)C(F)(F)C(F)(F)F. The largest absolute Gasteiger partial charge is 0.463 e. The number of nitrogens with one attached hydrogen (secondary N) is 1. The number of carbonyl (C=O) groups excluding carboxylic acids is 1. The van der Waals surface area contributed by atoms with Gasteiger partial charge in [0.05, 0.1) is 5.69 Å². The molecule has 112 valence electrons. The van der Waals surface area contributed by atoms with Gasteiger partial charge in [-0.2, -0.15) is 27.1 Å². The van der Waals surface area contributed by atoms with E-state index in [1.54, 1.807) is 0 Å². The van der Waals surface area contributed by atoms with Crippen LogP contribution in [-0.4, -0.2) is 32.8 Å². The standard InChI is InChI=1S/C11H7F5N4O/c12-10(13,11(14,15)16)9(21)19-7-1-3-8(4-2-7)20-6-17-5-18-20/h1-6H,(H,19,21). The third-order valence-electron chi connectivity index (χ3n) is 2.45. The average Bonchev–Trinajstić information content (AvgIpc) is 2.92. The van der Waals surface area contributed by atoms with Crippen LogP contribution in [0.25, 0.3) is 5.69 Å². The quantitative estimate of drug-likeness (QED) is 0.886. The highest BCUT2D eigenvalue weighted by Crippen LogP contribution is 2.36. The molecule has 0 fully saturated rings. The van der Waals surface area contributed by atoms with Crippen LogP contribution in [0.4, 0.5) is 27.6 Å². The molecule has 0 atom stereocenters. The molecule has 0 radical (unpaired) electrons. The van der Waals surface area contributed by atoms with Gasteiger partial charge in [0.2, 0.25) is 0 Å². The lowest BCUT2D eigenvalue weighted by molar-refractivity contribution is -0.267. The summed E-state index contributed by atoms with van der Waals surface area (Å²) in [6, 6.07) is 5.08. The minimum Gasteiger partial charge on any atom is -0.321 e. The number of amides is 1. The summed E-state index contributed by atoms with van der Waals surface area (Å²) >= 11 is 0. The molecular weight excluding hydrogens is 299 g/mol. The van der Waals surface area contributed by atoms with E-state index in [9.17, 15) is 26.7 Å². The van der Waals surface area contributed by atoms with Gasteiger partial charge in [-0.3, -0.25) is 4.79 Å². The van der Waals surface area contributed by atoms with Gasteiger partial charge < -0.3 is 5.32 Å². The molecule has 1 amide bonds. The maximum Gasteiger partial charge on any atom is 0.463 e. The lowest BCUT2D eigenvalue weighted by Gasteiger charge is -2.18. The first-order valence-corrected chi connectivity index (χ1v) is 5.43. The monoisotopic (exact) mass is 306 g/mol. The van der Waals surface area contributed by atoms with Gasteiger partial charge in [-0.15, -0.1) is 0 Å². The first kappa shape index (κ1) is 14.9. The molecule has 2 rings (SSSR count). The third kappa shape index (κ3) is 2.98. The van der Waals surface area contributed by atoms with Gasteiger partial charge in [-0.05, 0) is 24.3 Å². The molecule has 0 bridgehead atoms. The number of benzene rings is 1. The zero-order valence-corrected chi connectivity index (χ0v) is 10.1. The summed E-state index contributed by atoms with van der Waals surface area (Å²) in [6.07, 6.45) is -3.32. The van der Waals surface area contributed by atoms with Gasteiger partial charge in [0.1, 0.15) is 12.7 Å². The molecule has 5 nitrogen and oxygen atoms in total. The molecule has 0 spiro atoms. The van der Waals surface area contributed by atoms with Crippen LogP contribution in [-0.2, 0) is 4.79 Å². The molecule has 21 heavy (non-hydrogen) atoms. The first-order chi connectivity index (χ1) is 9.72. The van der Waals surface area contributed by atoms with Gasteiger partial charge >= 0.3 is 18.0 Å². The van der Waals surface area contributed by atoms with E-state index in [0.29, 0.717) is 5.69 Å². The average molecular weight is 306 g/mol. The second kappa shape index (κ2) is 5.11. The smallest absolute Gasteiger partial charge is 0.321 e. The Hall–Kier alpha value is -2.52. The lowest BCUT2D eigenvalue weighted by Crippen LogP contribution is -2.47. The van der Waals surface area contributed by atoms with E-state index >= 15 is 0 Å². The molecular formula is C11H7F5N4O. The van der Waals surface area contributed by atoms with Gasteiger partial charge in [0.25, 0.3) is 0 Å². The number of alkyl halides is 5. The number of hydrogen-bond acceptors (Lipinski definition) is 3. The summed E-state index contributed by atoms with van der Waals surface area (Å²) in [5.41, 5.74) is 0.292. The minimum atomic E-state index is -5.95. The Balaban J connectivity index is 2.12. The summed E-state index contributed by atoms with van der Waals surface area (Å²) in [4.78, 5) is 14.7. The van der Waals surface area contributed by atoms with Gasteiger partial charge in [-0.1, -0.05) is 0 Å². The third-order valence-corrected chi connectivity index (χ3v) is 2.45. The van der Waals surface area contributed by atoms with Crippen molar-refractivity contribution < 1.29 is 26.7 Å². The zero-order valence-electron chi connectivity index (χ0n) is 10.1. The number of nitrogens with zero attached hydrogens (tertiary/aromatic N) is 3. The molecule has 0 saturated carbocycles. The van der Waals surface area contributed by atoms with Crippen LogP contribution in [0.3, 0.4) is 0 Å². The number of carbonyl (C=O) groups is 1. The Labute approximate surface area is 114 Å². The first-order valence-electron chi connectivity index (χ1n) is 5.43. The predicted molar refractivity (Wildman–Crippen MR) is 61.0 cm³/mol. The van der Waals surface area contributed by atoms with Crippen molar-refractivity contribution in [2.45, 2.75) is 12.1 Å². The van der Waals surface area contributed by atoms with Crippen molar-refractivity contribution in [3.63, 3.8) is 0 Å². The highest BCUT2D eigenvalue weighted by Gasteiger charge is 2.63. The van der Waals surface area contributed by atoms with Gasteiger partial charge in [-0.25, -0.2) is 9.67 Å². The molecule has 1 aromatic carbocycles. The maximum atomic E-state index is 12.8. The van der Waals surface area contributed by atoms with Crippen LogP contribution in [0.2, 0.25) is 0 Å². The molecule has 0 saturated heterocycles. The van der Waals surface area contributed by atoms with Crippen LogP contribution in [0.5, 0.6) is 0 Å². The van der Waals surface area contributed by atoms with Crippen LogP contribution in [0.15, 0.2) is 36.9 Å². The number of hydrogen-bond donors (Lipinski definition) is 1. The van der Waals surface area contributed by atoms with Crippen molar-refractivity contribution in [1.82, 2.24) is 14.8 Å². The minimum absolute atomic E-state index is 0.201. The summed E-state index contributed by atoms with van der Waals surface area (Å²) in [6.45, 7) is 0. The van der Waals surface area contributed by atoms with Gasteiger partial charge in [0, 0.05) is 5.69 Å². The summed E-state index contributed by atoms with van der Waals surface area (Å²) in [7, 11) is 0. The fraction of sp³-hybridized carbons (Fsp3) is 0.182. The van der Waals surface area contributed by atoms with Crippen molar-refractivity contribution in [2.75, 3.05) is 5.32 Å². The number of halogens is 5. The van der Waals surface area contributed by atoms with Crippen molar-refractivity contribution >= 4 is 11.6 Å². The summed E-state index contributed by atoms with van der Waals surface area (Å²) < 4.78 is 62.9. The van der Waals surface area contributed by atoms with E-state index < -0.39 is 18.0 Å². The number of rotatable bonds is 3. The Morgan fingerprint density at radius 3 is 2.19 bits per heavy atom. The van der Waals surface area contributed by atoms with Crippen LogP contribution in [0, 0.1) is 0 Å². The molecule has 0 unspecified atom stereocenters. The van der Waals surface area contributed by atoms with E-state index in [2.05, 4.69) is 10.1 Å². The number of aromatic nitrogens is 3. The van der Waals surface area contributed by atoms with Crippen molar-refractivity contribution in [1.29, 1.82) is 0 Å². The van der Waals surface area contributed by atoms with E-state index in [-0.39, 0.29) is 5.69 Å². The Morgan fingerprint density at radius 2 is 1.71 bits per heavy atom. The predicted octanol–water partition coefficient (Wildman–Crippen LogP) is 2.40. The Kier molecular flexibility index (Phi) is 3.62. The second-order valence-electron chi connectivity index (χ2n) is 3.91. The van der Waals surface area contributed by atoms with E-state index in [4.69, 9.17) is 0 Å². The normalized spacial score (nSPS) is 12.2. The maximum absolute atomic E-state index is 12.8. The van der Waals surface area contributed by atoms with Crippen LogP contribution in [0.1, 0.15) is 0 Å². The van der Waals surface area contributed by atoms with Crippen LogP contribution >= 0.6 is 0 Å². The van der Waals surface area contributed by atoms with Crippen molar-refractivity contribution in [3.8, 4) is 5.69 Å². The zero-order chi connectivity index (χ0) is 15.7. The van der Waals surface area contributed by atoms with E-state index in [1.807, 2.05) is 0 Å².